The van der Waals surface area contributed by atoms with Crippen LogP contribution in [0.5, 0.6) is 0 Å². The van der Waals surface area contributed by atoms with Crippen molar-refractivity contribution in [2.75, 3.05) is 13.1 Å². The molecule has 4 aromatic rings. The average molecular weight is 387 g/mol. The lowest BCUT2D eigenvalue weighted by Gasteiger charge is -2.26. The number of nitrogens with one attached hydrogen (secondary N) is 1. The lowest BCUT2D eigenvalue weighted by atomic mass is 10.1. The number of nitrogens with zero attached hydrogens (tertiary/aromatic N) is 4. The van der Waals surface area contributed by atoms with Gasteiger partial charge in [-0.1, -0.05) is 30.3 Å². The molecular formula is C23H25N5O. The van der Waals surface area contributed by atoms with E-state index >= 15 is 0 Å². The minimum atomic E-state index is 0.188. The molecule has 1 aliphatic rings. The predicted molar refractivity (Wildman–Crippen MR) is 112 cm³/mol. The Morgan fingerprint density at radius 2 is 1.90 bits per heavy atom. The van der Waals surface area contributed by atoms with Crippen LogP contribution in [0, 0.1) is 6.92 Å². The number of H-pyrrole nitrogens is 1. The molecule has 1 fully saturated rings. The number of rotatable bonds is 6. The van der Waals surface area contributed by atoms with Gasteiger partial charge in [-0.25, -0.2) is 9.97 Å². The van der Waals surface area contributed by atoms with Gasteiger partial charge in [0.05, 0.1) is 41.9 Å². The highest BCUT2D eigenvalue weighted by atomic mass is 16.3. The molecule has 4 heterocycles. The van der Waals surface area contributed by atoms with Gasteiger partial charge in [0.15, 0.2) is 0 Å². The summed E-state index contributed by atoms with van der Waals surface area (Å²) in [6, 6.07) is 14.6. The molecule has 5 rings (SSSR count). The molecule has 0 bridgehead atoms. The van der Waals surface area contributed by atoms with E-state index in [2.05, 4.69) is 37.6 Å². The quantitative estimate of drug-likeness (QED) is 0.522. The van der Waals surface area contributed by atoms with Crippen molar-refractivity contribution in [3.8, 4) is 22.6 Å². The number of hydrogen-bond acceptors (Lipinski definition) is 4. The minimum Gasteiger partial charge on any atom is -0.468 e. The monoisotopic (exact) mass is 387 g/mol. The number of aromatic amines is 1. The van der Waals surface area contributed by atoms with Crippen molar-refractivity contribution in [2.24, 2.45) is 0 Å². The molecule has 6 nitrogen and oxygen atoms in total. The molecule has 3 aromatic heterocycles. The van der Waals surface area contributed by atoms with Gasteiger partial charge in [-0.15, -0.1) is 0 Å². The molecule has 148 valence electrons. The number of furan rings is 1. The number of imidazole rings is 2. The van der Waals surface area contributed by atoms with E-state index < -0.39 is 0 Å². The molecule has 1 N–H and O–H groups in total. The molecular weight excluding hydrogens is 362 g/mol. The summed E-state index contributed by atoms with van der Waals surface area (Å²) < 4.78 is 8.06. The Morgan fingerprint density at radius 1 is 1.07 bits per heavy atom. The standard InChI is InChI=1S/C23H25N5O/c1-17-24-14-19(26-17)23-22(18-8-3-2-4-9-18)25-16-28(23)15-20(21-10-7-13-29-21)27-11-5-6-12-27/h2-4,7-10,13-14,16,20H,5-6,11-12,15H2,1H3,(H,24,26)/t20-/m1/s1. The number of aromatic nitrogens is 4. The second-order valence-corrected chi connectivity index (χ2v) is 7.62. The van der Waals surface area contributed by atoms with Gasteiger partial charge in [0.2, 0.25) is 0 Å². The van der Waals surface area contributed by atoms with Gasteiger partial charge in [0.25, 0.3) is 0 Å². The van der Waals surface area contributed by atoms with E-state index in [9.17, 15) is 0 Å². The highest BCUT2D eigenvalue weighted by Crippen LogP contribution is 2.33. The van der Waals surface area contributed by atoms with Crippen LogP contribution >= 0.6 is 0 Å². The van der Waals surface area contributed by atoms with Gasteiger partial charge in [0.1, 0.15) is 11.6 Å². The smallest absolute Gasteiger partial charge is 0.122 e. The molecule has 0 spiro atoms. The van der Waals surface area contributed by atoms with Gasteiger partial charge < -0.3 is 14.0 Å². The van der Waals surface area contributed by atoms with Crippen LogP contribution in [-0.2, 0) is 6.54 Å². The SMILES string of the molecule is Cc1ncc(-c2c(-c3ccccc3)ncn2C[C@H](c2ccco2)N2CCCC2)[nH]1. The normalized spacial score (nSPS) is 15.8. The Bertz CT molecular complexity index is 1060. The zero-order valence-corrected chi connectivity index (χ0v) is 16.6. The van der Waals surface area contributed by atoms with Gasteiger partial charge in [-0.3, -0.25) is 4.90 Å². The third-order valence-corrected chi connectivity index (χ3v) is 5.67. The maximum atomic E-state index is 5.83. The Balaban J connectivity index is 1.58. The Morgan fingerprint density at radius 3 is 2.59 bits per heavy atom. The summed E-state index contributed by atoms with van der Waals surface area (Å²) in [6.07, 6.45) is 8.08. The molecule has 1 atom stereocenters. The van der Waals surface area contributed by atoms with E-state index in [1.54, 1.807) is 6.26 Å². The molecule has 6 heteroatoms. The maximum absolute atomic E-state index is 5.83. The van der Waals surface area contributed by atoms with E-state index in [1.807, 2.05) is 43.7 Å². The molecule has 1 saturated heterocycles. The first kappa shape index (κ1) is 17.9. The average Bonchev–Trinajstić information content (AvgIpc) is 3.54. The zero-order valence-electron chi connectivity index (χ0n) is 16.6. The summed E-state index contributed by atoms with van der Waals surface area (Å²) in [7, 11) is 0. The molecule has 0 radical (unpaired) electrons. The van der Waals surface area contributed by atoms with Crippen LogP contribution in [0.15, 0.2) is 65.7 Å². The van der Waals surface area contributed by atoms with Crippen molar-refractivity contribution in [2.45, 2.75) is 32.4 Å². The van der Waals surface area contributed by atoms with Gasteiger partial charge >= 0.3 is 0 Å². The fourth-order valence-corrected chi connectivity index (χ4v) is 4.26. The first-order valence-corrected chi connectivity index (χ1v) is 10.2. The minimum absolute atomic E-state index is 0.188. The highest BCUT2D eigenvalue weighted by Gasteiger charge is 2.28. The summed E-state index contributed by atoms with van der Waals surface area (Å²) >= 11 is 0. The Kier molecular flexibility index (Phi) is 4.77. The van der Waals surface area contributed by atoms with E-state index in [1.165, 1.54) is 12.8 Å². The van der Waals surface area contributed by atoms with Crippen molar-refractivity contribution in [1.82, 2.24) is 24.4 Å². The van der Waals surface area contributed by atoms with Crippen LogP contribution in [0.1, 0.15) is 30.5 Å². The molecule has 0 unspecified atom stereocenters. The van der Waals surface area contributed by atoms with Crippen molar-refractivity contribution in [1.29, 1.82) is 0 Å². The number of benzene rings is 1. The summed E-state index contributed by atoms with van der Waals surface area (Å²) in [4.78, 5) is 15.1. The molecule has 1 aromatic carbocycles. The first-order chi connectivity index (χ1) is 14.3. The number of hydrogen-bond donors (Lipinski definition) is 1. The summed E-state index contributed by atoms with van der Waals surface area (Å²) in [6.45, 7) is 4.96. The van der Waals surface area contributed by atoms with Crippen LogP contribution in [0.25, 0.3) is 22.6 Å². The van der Waals surface area contributed by atoms with Gasteiger partial charge in [-0.05, 0) is 45.0 Å². The number of likely N-dealkylation sites (tertiary alicyclic amines) is 1. The van der Waals surface area contributed by atoms with Crippen molar-refractivity contribution < 1.29 is 4.42 Å². The molecule has 0 saturated carbocycles. The Labute approximate surface area is 170 Å². The fourth-order valence-electron chi connectivity index (χ4n) is 4.26. The third kappa shape index (κ3) is 3.51. The van der Waals surface area contributed by atoms with Crippen molar-refractivity contribution in [3.63, 3.8) is 0 Å². The predicted octanol–water partition coefficient (Wildman–Crippen LogP) is 4.68. The lowest BCUT2D eigenvalue weighted by molar-refractivity contribution is 0.194. The summed E-state index contributed by atoms with van der Waals surface area (Å²) in [5.41, 5.74) is 4.11. The highest BCUT2D eigenvalue weighted by molar-refractivity contribution is 5.76. The van der Waals surface area contributed by atoms with Crippen LogP contribution in [-0.4, -0.2) is 37.5 Å². The van der Waals surface area contributed by atoms with Crippen LogP contribution in [0.4, 0.5) is 0 Å². The molecule has 0 amide bonds. The van der Waals surface area contributed by atoms with Crippen LogP contribution < -0.4 is 0 Å². The fraction of sp³-hybridized carbons (Fsp3) is 0.304. The summed E-state index contributed by atoms with van der Waals surface area (Å²) in [5, 5.41) is 0. The Hall–Kier alpha value is -3.12. The van der Waals surface area contributed by atoms with E-state index in [0.717, 1.165) is 53.9 Å². The van der Waals surface area contributed by atoms with E-state index in [4.69, 9.17) is 9.40 Å². The molecule has 1 aliphatic heterocycles. The van der Waals surface area contributed by atoms with Crippen molar-refractivity contribution in [3.05, 3.63) is 72.8 Å². The van der Waals surface area contributed by atoms with Crippen LogP contribution in [0.2, 0.25) is 0 Å². The largest absolute Gasteiger partial charge is 0.468 e. The topological polar surface area (TPSA) is 62.9 Å². The second kappa shape index (κ2) is 7.72. The zero-order chi connectivity index (χ0) is 19.6. The first-order valence-electron chi connectivity index (χ1n) is 10.2. The second-order valence-electron chi connectivity index (χ2n) is 7.62. The lowest BCUT2D eigenvalue weighted by Crippen LogP contribution is -2.29. The van der Waals surface area contributed by atoms with E-state index in [-0.39, 0.29) is 6.04 Å². The molecule has 0 aliphatic carbocycles. The van der Waals surface area contributed by atoms with Gasteiger partial charge in [-0.2, -0.15) is 0 Å². The van der Waals surface area contributed by atoms with E-state index in [0.29, 0.717) is 0 Å². The third-order valence-electron chi connectivity index (χ3n) is 5.67. The summed E-state index contributed by atoms with van der Waals surface area (Å²) in [5.74, 6) is 1.91. The molecule has 29 heavy (non-hydrogen) atoms. The van der Waals surface area contributed by atoms with Crippen LogP contribution in [0.3, 0.4) is 0 Å². The maximum Gasteiger partial charge on any atom is 0.122 e. The van der Waals surface area contributed by atoms with Gasteiger partial charge in [0, 0.05) is 12.1 Å². The van der Waals surface area contributed by atoms with Crippen molar-refractivity contribution >= 4 is 0 Å². The number of aryl methyl sites for hydroxylation is 1.